The van der Waals surface area contributed by atoms with Crippen LogP contribution in [0, 0.1) is 0 Å². The lowest BCUT2D eigenvalue weighted by Gasteiger charge is -2.26. The fraction of sp³-hybridized carbons (Fsp3) is 0.526. The number of amides is 3. The van der Waals surface area contributed by atoms with Crippen LogP contribution in [0.3, 0.4) is 0 Å². The predicted molar refractivity (Wildman–Crippen MR) is 98.4 cm³/mol. The molecule has 2 fully saturated rings. The van der Waals surface area contributed by atoms with Gasteiger partial charge in [-0.25, -0.2) is 0 Å². The van der Waals surface area contributed by atoms with Crippen LogP contribution in [-0.2, 0) is 19.1 Å². The van der Waals surface area contributed by atoms with Gasteiger partial charge in [-0.05, 0) is 30.7 Å². The van der Waals surface area contributed by atoms with Gasteiger partial charge in [0.1, 0.15) is 5.75 Å². The van der Waals surface area contributed by atoms with E-state index in [4.69, 9.17) is 9.47 Å². The van der Waals surface area contributed by atoms with Gasteiger partial charge in [-0.1, -0.05) is 0 Å². The molecule has 0 atom stereocenters. The summed E-state index contributed by atoms with van der Waals surface area (Å²) in [6, 6.07) is 6.89. The molecule has 2 aliphatic heterocycles. The zero-order valence-corrected chi connectivity index (χ0v) is 15.3. The second-order valence-electron chi connectivity index (χ2n) is 6.59. The first kappa shape index (κ1) is 19.2. The Morgan fingerprint density at radius 1 is 1.11 bits per heavy atom. The number of nitrogens with zero attached hydrogens (tertiary/aromatic N) is 2. The van der Waals surface area contributed by atoms with Crippen LogP contribution in [0.2, 0.25) is 0 Å². The number of nitrogens with one attached hydrogen (secondary N) is 1. The van der Waals surface area contributed by atoms with Crippen molar-refractivity contribution in [2.75, 3.05) is 51.3 Å². The molecule has 0 aromatic heterocycles. The molecular weight excluding hydrogens is 350 g/mol. The minimum atomic E-state index is -0.133. The Morgan fingerprint density at radius 2 is 1.85 bits per heavy atom. The van der Waals surface area contributed by atoms with E-state index < -0.39 is 0 Å². The summed E-state index contributed by atoms with van der Waals surface area (Å²) in [6.07, 6.45) is 1.73. The minimum absolute atomic E-state index is 0.0183. The van der Waals surface area contributed by atoms with E-state index >= 15 is 0 Å². The zero-order valence-electron chi connectivity index (χ0n) is 15.3. The number of ether oxygens (including phenoxy) is 2. The Balaban J connectivity index is 1.39. The molecule has 146 valence electrons. The number of rotatable bonds is 7. The van der Waals surface area contributed by atoms with E-state index in [1.54, 1.807) is 34.1 Å². The van der Waals surface area contributed by atoms with Crippen LogP contribution >= 0.6 is 0 Å². The molecule has 0 radical (unpaired) electrons. The van der Waals surface area contributed by atoms with Gasteiger partial charge in [-0.3, -0.25) is 14.4 Å². The molecule has 0 bridgehead atoms. The molecular formula is C19H25N3O5. The van der Waals surface area contributed by atoms with Crippen molar-refractivity contribution in [1.29, 1.82) is 0 Å². The first-order chi connectivity index (χ1) is 13.1. The largest absolute Gasteiger partial charge is 0.484 e. The lowest BCUT2D eigenvalue weighted by atomic mass is 10.3. The second kappa shape index (κ2) is 9.36. The molecule has 0 unspecified atom stereocenters. The molecule has 1 aromatic carbocycles. The van der Waals surface area contributed by atoms with E-state index in [0.717, 1.165) is 13.0 Å². The summed E-state index contributed by atoms with van der Waals surface area (Å²) < 4.78 is 10.7. The lowest BCUT2D eigenvalue weighted by molar-refractivity contribution is -0.137. The van der Waals surface area contributed by atoms with E-state index in [0.29, 0.717) is 50.7 Å². The molecule has 0 saturated carbocycles. The van der Waals surface area contributed by atoms with Crippen LogP contribution < -0.4 is 10.1 Å². The molecule has 2 heterocycles. The molecule has 8 heteroatoms. The highest BCUT2D eigenvalue weighted by Crippen LogP contribution is 2.16. The molecule has 1 N–H and O–H groups in total. The number of hydrogen-bond acceptors (Lipinski definition) is 5. The number of carbonyl (C=O) groups is 3. The summed E-state index contributed by atoms with van der Waals surface area (Å²) in [5.41, 5.74) is 0.652. The number of carbonyl (C=O) groups excluding carboxylic acids is 3. The van der Waals surface area contributed by atoms with Crippen molar-refractivity contribution >= 4 is 23.4 Å². The van der Waals surface area contributed by atoms with Crippen LogP contribution in [0.15, 0.2) is 24.3 Å². The van der Waals surface area contributed by atoms with Gasteiger partial charge in [0.2, 0.25) is 11.8 Å². The summed E-state index contributed by atoms with van der Waals surface area (Å²) in [7, 11) is 0. The molecule has 0 spiro atoms. The van der Waals surface area contributed by atoms with E-state index in [1.807, 2.05) is 0 Å². The maximum atomic E-state index is 12.0. The molecule has 8 nitrogen and oxygen atoms in total. The third kappa shape index (κ3) is 5.68. The van der Waals surface area contributed by atoms with E-state index in [9.17, 15) is 14.4 Å². The van der Waals surface area contributed by atoms with Crippen LogP contribution in [0.25, 0.3) is 0 Å². The van der Waals surface area contributed by atoms with Gasteiger partial charge >= 0.3 is 0 Å². The SMILES string of the molecule is O=C(CCN1CCCC1=O)Nc1ccc(OCC(=O)N2CCOCC2)cc1. The fourth-order valence-electron chi connectivity index (χ4n) is 3.08. The van der Waals surface area contributed by atoms with Crippen LogP contribution in [0.4, 0.5) is 5.69 Å². The summed E-state index contributed by atoms with van der Waals surface area (Å²) in [4.78, 5) is 39.0. The average Bonchev–Trinajstić information content (AvgIpc) is 3.11. The van der Waals surface area contributed by atoms with Crippen molar-refractivity contribution in [2.24, 2.45) is 0 Å². The van der Waals surface area contributed by atoms with Gasteiger partial charge in [0, 0.05) is 44.7 Å². The summed E-state index contributed by atoms with van der Waals surface area (Å²) >= 11 is 0. The van der Waals surface area contributed by atoms with Crippen molar-refractivity contribution in [3.05, 3.63) is 24.3 Å². The van der Waals surface area contributed by atoms with Crippen molar-refractivity contribution < 1.29 is 23.9 Å². The summed E-state index contributed by atoms with van der Waals surface area (Å²) in [5, 5.41) is 2.80. The smallest absolute Gasteiger partial charge is 0.260 e. The van der Waals surface area contributed by atoms with Crippen molar-refractivity contribution in [2.45, 2.75) is 19.3 Å². The van der Waals surface area contributed by atoms with Gasteiger partial charge in [-0.2, -0.15) is 0 Å². The highest BCUT2D eigenvalue weighted by molar-refractivity contribution is 5.91. The van der Waals surface area contributed by atoms with Gasteiger partial charge < -0.3 is 24.6 Å². The minimum Gasteiger partial charge on any atom is -0.484 e. The second-order valence-corrected chi connectivity index (χ2v) is 6.59. The monoisotopic (exact) mass is 375 g/mol. The topological polar surface area (TPSA) is 88.2 Å². The predicted octanol–water partition coefficient (Wildman–Crippen LogP) is 0.875. The maximum absolute atomic E-state index is 12.0. The third-order valence-corrected chi connectivity index (χ3v) is 4.64. The van der Waals surface area contributed by atoms with Gasteiger partial charge in [0.25, 0.3) is 5.91 Å². The van der Waals surface area contributed by atoms with E-state index in [1.165, 1.54) is 0 Å². The van der Waals surface area contributed by atoms with Crippen molar-refractivity contribution in [1.82, 2.24) is 9.80 Å². The van der Waals surface area contributed by atoms with Crippen LogP contribution in [-0.4, -0.2) is 73.5 Å². The maximum Gasteiger partial charge on any atom is 0.260 e. The molecule has 3 rings (SSSR count). The molecule has 27 heavy (non-hydrogen) atoms. The Bertz CT molecular complexity index is 670. The third-order valence-electron chi connectivity index (χ3n) is 4.64. The number of hydrogen-bond donors (Lipinski definition) is 1. The standard InChI is InChI=1S/C19H25N3O5/c23-17(7-9-21-8-1-2-18(21)24)20-15-3-5-16(6-4-15)27-14-19(25)22-10-12-26-13-11-22/h3-6H,1-2,7-14H2,(H,20,23). The summed E-state index contributed by atoms with van der Waals surface area (Å²) in [6.45, 7) is 3.48. The Hall–Kier alpha value is -2.61. The molecule has 1 aromatic rings. The molecule has 0 aliphatic carbocycles. The number of benzene rings is 1. The van der Waals surface area contributed by atoms with E-state index in [-0.39, 0.29) is 30.7 Å². The van der Waals surface area contributed by atoms with Crippen molar-refractivity contribution in [3.63, 3.8) is 0 Å². The van der Waals surface area contributed by atoms with Crippen LogP contribution in [0.5, 0.6) is 5.75 Å². The van der Waals surface area contributed by atoms with Crippen molar-refractivity contribution in [3.8, 4) is 5.75 Å². The quantitative estimate of drug-likeness (QED) is 0.764. The first-order valence-corrected chi connectivity index (χ1v) is 9.28. The van der Waals surface area contributed by atoms with Gasteiger partial charge in [0.15, 0.2) is 6.61 Å². The number of morpholine rings is 1. The number of likely N-dealkylation sites (tertiary alicyclic amines) is 1. The summed E-state index contributed by atoms with van der Waals surface area (Å²) in [5.74, 6) is 0.492. The lowest BCUT2D eigenvalue weighted by Crippen LogP contribution is -2.42. The zero-order chi connectivity index (χ0) is 19.1. The van der Waals surface area contributed by atoms with Crippen LogP contribution in [0.1, 0.15) is 19.3 Å². The van der Waals surface area contributed by atoms with Gasteiger partial charge in [-0.15, -0.1) is 0 Å². The molecule has 2 aliphatic rings. The normalized spacial score (nSPS) is 17.1. The van der Waals surface area contributed by atoms with E-state index in [2.05, 4.69) is 5.32 Å². The Kier molecular flexibility index (Phi) is 6.64. The Labute approximate surface area is 158 Å². The highest BCUT2D eigenvalue weighted by Gasteiger charge is 2.20. The molecule has 3 amide bonds. The Morgan fingerprint density at radius 3 is 2.52 bits per heavy atom. The van der Waals surface area contributed by atoms with Gasteiger partial charge in [0.05, 0.1) is 13.2 Å². The molecule has 2 saturated heterocycles. The number of anilines is 1. The fourth-order valence-corrected chi connectivity index (χ4v) is 3.08. The highest BCUT2D eigenvalue weighted by atomic mass is 16.5. The first-order valence-electron chi connectivity index (χ1n) is 9.28. The average molecular weight is 375 g/mol.